The van der Waals surface area contributed by atoms with Crippen LogP contribution in [0.15, 0.2) is 48.5 Å². The third-order valence-electron chi connectivity index (χ3n) is 3.61. The highest BCUT2D eigenvalue weighted by Crippen LogP contribution is 2.30. The molecule has 2 aromatic carbocycles. The summed E-state index contributed by atoms with van der Waals surface area (Å²) in [7, 11) is 0. The van der Waals surface area contributed by atoms with Crippen LogP contribution in [0.4, 0.5) is 0 Å². The van der Waals surface area contributed by atoms with E-state index < -0.39 is 0 Å². The molecule has 1 unspecified atom stereocenters. The Balaban J connectivity index is 2.19. The first-order valence-electron chi connectivity index (χ1n) is 7.81. The van der Waals surface area contributed by atoms with Crippen LogP contribution in [-0.2, 0) is 0 Å². The third-order valence-corrected chi connectivity index (χ3v) is 3.61. The Labute approximate surface area is 128 Å². The summed E-state index contributed by atoms with van der Waals surface area (Å²) in [6, 6.07) is 17.3. The van der Waals surface area contributed by atoms with Gasteiger partial charge in [-0.3, -0.25) is 0 Å². The molecule has 0 aliphatic rings. The zero-order valence-electron chi connectivity index (χ0n) is 13.2. The summed E-state index contributed by atoms with van der Waals surface area (Å²) in [5.74, 6) is 0.949. The highest BCUT2D eigenvalue weighted by atomic mass is 16.5. The SMILES string of the molecule is CCCNC(C)c1ccc(-c2ccccc2OCC)cc1. The Morgan fingerprint density at radius 1 is 1.00 bits per heavy atom. The van der Waals surface area contributed by atoms with Gasteiger partial charge < -0.3 is 10.1 Å². The Hall–Kier alpha value is -1.80. The fourth-order valence-corrected chi connectivity index (χ4v) is 2.42. The van der Waals surface area contributed by atoms with Gasteiger partial charge in [0.2, 0.25) is 0 Å². The van der Waals surface area contributed by atoms with E-state index in [4.69, 9.17) is 4.74 Å². The van der Waals surface area contributed by atoms with Gasteiger partial charge in [-0.1, -0.05) is 49.4 Å². The van der Waals surface area contributed by atoms with Gasteiger partial charge in [0.15, 0.2) is 0 Å². The number of ether oxygens (including phenoxy) is 1. The molecule has 1 atom stereocenters. The van der Waals surface area contributed by atoms with Crippen LogP contribution in [0, 0.1) is 0 Å². The van der Waals surface area contributed by atoms with E-state index in [2.05, 4.69) is 55.6 Å². The van der Waals surface area contributed by atoms with Crippen LogP contribution in [0.25, 0.3) is 11.1 Å². The molecule has 2 rings (SSSR count). The predicted molar refractivity (Wildman–Crippen MR) is 89.8 cm³/mol. The average Bonchev–Trinajstić information content (AvgIpc) is 2.53. The van der Waals surface area contributed by atoms with E-state index in [1.54, 1.807) is 0 Å². The van der Waals surface area contributed by atoms with E-state index in [0.717, 1.165) is 24.3 Å². The number of benzene rings is 2. The minimum Gasteiger partial charge on any atom is -0.493 e. The van der Waals surface area contributed by atoms with Gasteiger partial charge in [-0.25, -0.2) is 0 Å². The number of hydrogen-bond donors (Lipinski definition) is 1. The molecule has 0 aromatic heterocycles. The molecule has 112 valence electrons. The molecule has 0 saturated carbocycles. The molecule has 0 radical (unpaired) electrons. The molecule has 0 fully saturated rings. The van der Waals surface area contributed by atoms with E-state index in [-0.39, 0.29) is 0 Å². The van der Waals surface area contributed by atoms with Gasteiger partial charge in [-0.15, -0.1) is 0 Å². The molecule has 0 spiro atoms. The largest absolute Gasteiger partial charge is 0.493 e. The molecule has 0 saturated heterocycles. The molecule has 0 bridgehead atoms. The summed E-state index contributed by atoms with van der Waals surface area (Å²) in [6.45, 7) is 8.15. The van der Waals surface area contributed by atoms with Gasteiger partial charge in [0.05, 0.1) is 6.61 Å². The van der Waals surface area contributed by atoms with Crippen molar-refractivity contribution in [1.29, 1.82) is 0 Å². The van der Waals surface area contributed by atoms with Crippen LogP contribution >= 0.6 is 0 Å². The zero-order valence-corrected chi connectivity index (χ0v) is 13.2. The molecule has 0 heterocycles. The Kier molecular flexibility index (Phi) is 5.82. The molecule has 2 heteroatoms. The van der Waals surface area contributed by atoms with Crippen molar-refractivity contribution in [3.63, 3.8) is 0 Å². The topological polar surface area (TPSA) is 21.3 Å². The van der Waals surface area contributed by atoms with Gasteiger partial charge >= 0.3 is 0 Å². The first-order chi connectivity index (χ1) is 10.3. The van der Waals surface area contributed by atoms with Crippen molar-refractivity contribution in [3.8, 4) is 16.9 Å². The lowest BCUT2D eigenvalue weighted by Gasteiger charge is -2.15. The summed E-state index contributed by atoms with van der Waals surface area (Å²) >= 11 is 0. The first kappa shape index (κ1) is 15.6. The maximum atomic E-state index is 5.71. The first-order valence-corrected chi connectivity index (χ1v) is 7.81. The second kappa shape index (κ2) is 7.84. The molecule has 1 N–H and O–H groups in total. The standard InChI is InChI=1S/C19H25NO/c1-4-14-20-15(3)16-10-12-17(13-11-16)18-8-6-7-9-19(18)21-5-2/h6-13,15,20H,4-5,14H2,1-3H3. The van der Waals surface area contributed by atoms with Crippen molar-refractivity contribution in [1.82, 2.24) is 5.32 Å². The summed E-state index contributed by atoms with van der Waals surface area (Å²) in [5.41, 5.74) is 3.67. The summed E-state index contributed by atoms with van der Waals surface area (Å²) < 4.78 is 5.71. The molecule has 0 aliphatic carbocycles. The molecule has 0 aliphatic heterocycles. The van der Waals surface area contributed by atoms with Crippen LogP contribution in [0.5, 0.6) is 5.75 Å². The zero-order chi connectivity index (χ0) is 15.1. The predicted octanol–water partition coefficient (Wildman–Crippen LogP) is 4.81. The van der Waals surface area contributed by atoms with Gasteiger partial charge in [0.25, 0.3) is 0 Å². The molecule has 2 aromatic rings. The molecular weight excluding hydrogens is 258 g/mol. The lowest BCUT2D eigenvalue weighted by atomic mass is 10.0. The van der Waals surface area contributed by atoms with Crippen LogP contribution < -0.4 is 10.1 Å². The van der Waals surface area contributed by atoms with Crippen molar-refractivity contribution in [3.05, 3.63) is 54.1 Å². The van der Waals surface area contributed by atoms with Crippen molar-refractivity contribution >= 4 is 0 Å². The van der Waals surface area contributed by atoms with E-state index in [1.807, 2.05) is 19.1 Å². The van der Waals surface area contributed by atoms with E-state index in [0.29, 0.717) is 12.6 Å². The fourth-order valence-electron chi connectivity index (χ4n) is 2.42. The van der Waals surface area contributed by atoms with Crippen molar-refractivity contribution in [2.45, 2.75) is 33.2 Å². The smallest absolute Gasteiger partial charge is 0.127 e. The minimum absolute atomic E-state index is 0.390. The van der Waals surface area contributed by atoms with Crippen molar-refractivity contribution < 1.29 is 4.74 Å². The lowest BCUT2D eigenvalue weighted by molar-refractivity contribution is 0.341. The van der Waals surface area contributed by atoms with E-state index in [1.165, 1.54) is 11.1 Å². The number of rotatable bonds is 7. The monoisotopic (exact) mass is 283 g/mol. The van der Waals surface area contributed by atoms with Crippen LogP contribution in [0.1, 0.15) is 38.8 Å². The number of para-hydroxylation sites is 1. The number of nitrogens with one attached hydrogen (secondary N) is 1. The van der Waals surface area contributed by atoms with Crippen LogP contribution in [-0.4, -0.2) is 13.2 Å². The summed E-state index contributed by atoms with van der Waals surface area (Å²) in [5, 5.41) is 3.51. The highest BCUT2D eigenvalue weighted by molar-refractivity contribution is 5.70. The Morgan fingerprint density at radius 2 is 1.71 bits per heavy atom. The third kappa shape index (κ3) is 4.08. The van der Waals surface area contributed by atoms with E-state index in [9.17, 15) is 0 Å². The lowest BCUT2D eigenvalue weighted by Crippen LogP contribution is -2.19. The van der Waals surface area contributed by atoms with Crippen LogP contribution in [0.3, 0.4) is 0 Å². The number of hydrogen-bond acceptors (Lipinski definition) is 2. The second-order valence-corrected chi connectivity index (χ2v) is 5.23. The van der Waals surface area contributed by atoms with Crippen LogP contribution in [0.2, 0.25) is 0 Å². The van der Waals surface area contributed by atoms with Gasteiger partial charge in [-0.05, 0) is 44.0 Å². The summed E-state index contributed by atoms with van der Waals surface area (Å²) in [6.07, 6.45) is 1.16. The average molecular weight is 283 g/mol. The Morgan fingerprint density at radius 3 is 2.38 bits per heavy atom. The van der Waals surface area contributed by atoms with Gasteiger partial charge in [-0.2, -0.15) is 0 Å². The van der Waals surface area contributed by atoms with Gasteiger partial charge in [0.1, 0.15) is 5.75 Å². The maximum absolute atomic E-state index is 5.71. The quantitative estimate of drug-likeness (QED) is 0.787. The summed E-state index contributed by atoms with van der Waals surface area (Å²) in [4.78, 5) is 0. The molecule has 0 amide bonds. The maximum Gasteiger partial charge on any atom is 0.127 e. The second-order valence-electron chi connectivity index (χ2n) is 5.23. The molecule has 21 heavy (non-hydrogen) atoms. The van der Waals surface area contributed by atoms with Crippen molar-refractivity contribution in [2.75, 3.05) is 13.2 Å². The fraction of sp³-hybridized carbons (Fsp3) is 0.368. The molecule has 2 nitrogen and oxygen atoms in total. The van der Waals surface area contributed by atoms with E-state index >= 15 is 0 Å². The molecular formula is C19H25NO. The van der Waals surface area contributed by atoms with Crippen molar-refractivity contribution in [2.24, 2.45) is 0 Å². The normalized spacial score (nSPS) is 12.1. The highest BCUT2D eigenvalue weighted by Gasteiger charge is 2.07. The Bertz CT molecular complexity index is 548. The minimum atomic E-state index is 0.390. The van der Waals surface area contributed by atoms with Gasteiger partial charge in [0, 0.05) is 11.6 Å².